The molecule has 2 nitrogen and oxygen atoms in total. The Morgan fingerprint density at radius 1 is 1.12 bits per heavy atom. The highest BCUT2D eigenvalue weighted by Gasteiger charge is 2.08. The van der Waals surface area contributed by atoms with Crippen molar-refractivity contribution in [3.63, 3.8) is 0 Å². The number of rotatable bonds is 6. The SMILES string of the molecule is CNCCCC(NC)c1ccc(C)c(C)c1. The van der Waals surface area contributed by atoms with Crippen LogP contribution >= 0.6 is 0 Å². The van der Waals surface area contributed by atoms with E-state index in [1.165, 1.54) is 29.5 Å². The molecule has 1 atom stereocenters. The molecule has 0 saturated heterocycles. The second kappa shape index (κ2) is 6.66. The molecule has 0 saturated carbocycles. The monoisotopic (exact) mass is 220 g/mol. The van der Waals surface area contributed by atoms with Gasteiger partial charge in [0.2, 0.25) is 0 Å². The topological polar surface area (TPSA) is 24.1 Å². The van der Waals surface area contributed by atoms with Crippen LogP contribution in [-0.4, -0.2) is 20.6 Å². The maximum absolute atomic E-state index is 3.40. The number of aryl methyl sites for hydroxylation is 2. The molecule has 0 spiro atoms. The molecule has 1 unspecified atom stereocenters. The summed E-state index contributed by atoms with van der Waals surface area (Å²) >= 11 is 0. The van der Waals surface area contributed by atoms with E-state index in [1.807, 2.05) is 14.1 Å². The van der Waals surface area contributed by atoms with Crippen LogP contribution in [0.2, 0.25) is 0 Å². The Kier molecular flexibility index (Phi) is 5.50. The standard InChI is InChI=1S/C14H24N2/c1-11-7-8-13(10-12(11)2)14(16-4)6-5-9-15-3/h7-8,10,14-16H,5-6,9H2,1-4H3. The summed E-state index contributed by atoms with van der Waals surface area (Å²) in [6.45, 7) is 5.43. The minimum Gasteiger partial charge on any atom is -0.320 e. The average Bonchev–Trinajstić information content (AvgIpc) is 2.29. The van der Waals surface area contributed by atoms with Gasteiger partial charge < -0.3 is 10.6 Å². The predicted molar refractivity (Wildman–Crippen MR) is 70.9 cm³/mol. The van der Waals surface area contributed by atoms with Crippen LogP contribution in [0.25, 0.3) is 0 Å². The fourth-order valence-corrected chi connectivity index (χ4v) is 1.94. The Labute approximate surface area is 99.5 Å². The lowest BCUT2D eigenvalue weighted by Gasteiger charge is -2.17. The molecule has 0 heterocycles. The lowest BCUT2D eigenvalue weighted by Crippen LogP contribution is -2.18. The molecule has 0 aromatic heterocycles. The number of benzene rings is 1. The Morgan fingerprint density at radius 2 is 1.88 bits per heavy atom. The quantitative estimate of drug-likeness (QED) is 0.720. The molecule has 1 rings (SSSR count). The minimum absolute atomic E-state index is 0.479. The molecular formula is C14H24N2. The predicted octanol–water partition coefficient (Wildman–Crippen LogP) is 2.56. The third kappa shape index (κ3) is 3.62. The van der Waals surface area contributed by atoms with Gasteiger partial charge in [-0.2, -0.15) is 0 Å². The first kappa shape index (κ1) is 13.2. The highest BCUT2D eigenvalue weighted by Crippen LogP contribution is 2.20. The smallest absolute Gasteiger partial charge is 0.0318 e. The molecular weight excluding hydrogens is 196 g/mol. The Hall–Kier alpha value is -0.860. The number of nitrogens with one attached hydrogen (secondary N) is 2. The van der Waals surface area contributed by atoms with Crippen LogP contribution < -0.4 is 10.6 Å². The molecule has 0 amide bonds. The fraction of sp³-hybridized carbons (Fsp3) is 0.571. The molecule has 0 bridgehead atoms. The molecule has 1 aromatic rings. The van der Waals surface area contributed by atoms with Crippen LogP contribution in [0.15, 0.2) is 18.2 Å². The summed E-state index contributed by atoms with van der Waals surface area (Å²) in [5, 5.41) is 6.59. The van der Waals surface area contributed by atoms with Gasteiger partial charge in [0, 0.05) is 6.04 Å². The molecule has 0 fully saturated rings. The molecule has 0 aliphatic heterocycles. The minimum atomic E-state index is 0.479. The zero-order chi connectivity index (χ0) is 12.0. The van der Waals surface area contributed by atoms with Gasteiger partial charge in [-0.1, -0.05) is 18.2 Å². The molecule has 2 heteroatoms. The van der Waals surface area contributed by atoms with E-state index < -0.39 is 0 Å². The lowest BCUT2D eigenvalue weighted by molar-refractivity contribution is 0.518. The lowest BCUT2D eigenvalue weighted by atomic mass is 9.98. The largest absolute Gasteiger partial charge is 0.320 e. The van der Waals surface area contributed by atoms with Crippen LogP contribution in [0.5, 0.6) is 0 Å². The van der Waals surface area contributed by atoms with Gasteiger partial charge in [0.05, 0.1) is 0 Å². The van der Waals surface area contributed by atoms with E-state index in [1.54, 1.807) is 0 Å². The molecule has 90 valence electrons. The average molecular weight is 220 g/mol. The van der Waals surface area contributed by atoms with Gasteiger partial charge in [-0.25, -0.2) is 0 Å². The highest BCUT2D eigenvalue weighted by molar-refractivity contribution is 5.31. The molecule has 0 aliphatic rings. The van der Waals surface area contributed by atoms with E-state index in [-0.39, 0.29) is 0 Å². The Bertz CT molecular complexity index is 321. The van der Waals surface area contributed by atoms with Crippen LogP contribution in [0.1, 0.15) is 35.6 Å². The van der Waals surface area contributed by atoms with E-state index in [4.69, 9.17) is 0 Å². The van der Waals surface area contributed by atoms with Crippen molar-refractivity contribution < 1.29 is 0 Å². The van der Waals surface area contributed by atoms with E-state index in [2.05, 4.69) is 42.7 Å². The summed E-state index contributed by atoms with van der Waals surface area (Å²) in [6.07, 6.45) is 2.38. The number of hydrogen-bond acceptors (Lipinski definition) is 2. The summed E-state index contributed by atoms with van der Waals surface area (Å²) in [7, 11) is 4.05. The van der Waals surface area contributed by atoms with Crippen molar-refractivity contribution in [1.82, 2.24) is 10.6 Å². The molecule has 16 heavy (non-hydrogen) atoms. The van der Waals surface area contributed by atoms with E-state index in [9.17, 15) is 0 Å². The third-order valence-electron chi connectivity index (χ3n) is 3.20. The zero-order valence-electron chi connectivity index (χ0n) is 10.9. The molecule has 1 aromatic carbocycles. The van der Waals surface area contributed by atoms with Gasteiger partial charge in [0.25, 0.3) is 0 Å². The van der Waals surface area contributed by atoms with Crippen molar-refractivity contribution in [2.45, 2.75) is 32.7 Å². The summed E-state index contributed by atoms with van der Waals surface area (Å²) in [5.74, 6) is 0. The molecule has 0 radical (unpaired) electrons. The maximum Gasteiger partial charge on any atom is 0.0318 e. The highest BCUT2D eigenvalue weighted by atomic mass is 14.9. The van der Waals surface area contributed by atoms with Gasteiger partial charge in [0.15, 0.2) is 0 Å². The van der Waals surface area contributed by atoms with E-state index in [0.29, 0.717) is 6.04 Å². The first-order valence-electron chi connectivity index (χ1n) is 6.08. The number of hydrogen-bond donors (Lipinski definition) is 2. The maximum atomic E-state index is 3.40. The van der Waals surface area contributed by atoms with Crippen molar-refractivity contribution in [2.75, 3.05) is 20.6 Å². The van der Waals surface area contributed by atoms with Gasteiger partial charge in [-0.3, -0.25) is 0 Å². The normalized spacial score (nSPS) is 12.8. The van der Waals surface area contributed by atoms with Crippen molar-refractivity contribution in [1.29, 1.82) is 0 Å². The summed E-state index contributed by atoms with van der Waals surface area (Å²) in [5.41, 5.74) is 4.15. The zero-order valence-corrected chi connectivity index (χ0v) is 10.9. The summed E-state index contributed by atoms with van der Waals surface area (Å²) in [6, 6.07) is 7.24. The van der Waals surface area contributed by atoms with Crippen molar-refractivity contribution in [3.8, 4) is 0 Å². The van der Waals surface area contributed by atoms with Gasteiger partial charge in [-0.05, 0) is 64.0 Å². The Morgan fingerprint density at radius 3 is 2.44 bits per heavy atom. The summed E-state index contributed by atoms with van der Waals surface area (Å²) < 4.78 is 0. The van der Waals surface area contributed by atoms with E-state index in [0.717, 1.165) is 6.54 Å². The fourth-order valence-electron chi connectivity index (χ4n) is 1.94. The van der Waals surface area contributed by atoms with Gasteiger partial charge in [-0.15, -0.1) is 0 Å². The van der Waals surface area contributed by atoms with E-state index >= 15 is 0 Å². The first-order valence-corrected chi connectivity index (χ1v) is 6.08. The second-order valence-corrected chi connectivity index (χ2v) is 4.43. The van der Waals surface area contributed by atoms with Crippen LogP contribution in [0.3, 0.4) is 0 Å². The van der Waals surface area contributed by atoms with Crippen molar-refractivity contribution in [3.05, 3.63) is 34.9 Å². The van der Waals surface area contributed by atoms with Crippen molar-refractivity contribution >= 4 is 0 Å². The van der Waals surface area contributed by atoms with Crippen molar-refractivity contribution in [2.24, 2.45) is 0 Å². The summed E-state index contributed by atoms with van der Waals surface area (Å²) in [4.78, 5) is 0. The third-order valence-corrected chi connectivity index (χ3v) is 3.20. The van der Waals surface area contributed by atoms with Crippen LogP contribution in [-0.2, 0) is 0 Å². The first-order chi connectivity index (χ1) is 7.69. The Balaban J connectivity index is 2.67. The van der Waals surface area contributed by atoms with Gasteiger partial charge >= 0.3 is 0 Å². The van der Waals surface area contributed by atoms with Gasteiger partial charge in [0.1, 0.15) is 0 Å². The van der Waals surface area contributed by atoms with Crippen LogP contribution in [0, 0.1) is 13.8 Å². The molecule has 0 aliphatic carbocycles. The van der Waals surface area contributed by atoms with Crippen LogP contribution in [0.4, 0.5) is 0 Å². The molecule has 2 N–H and O–H groups in total. The second-order valence-electron chi connectivity index (χ2n) is 4.43.